The van der Waals surface area contributed by atoms with Gasteiger partial charge in [0.05, 0.1) is 6.04 Å². The standard InChI is InChI=1S/C25H37N7O8/c26-25(27)29-12-2-4-18(24(39)40)31-22(37)17(9-10-20(34)35)30-23(38)19(13-14-5-7-15(33)8-6-14)32-21(36)16-3-1-11-28-16/h5-8,16-19,28,33H,1-4,9-13H2,(H,30,38)(H,31,37)(H,32,36)(H,34,35)(H,39,40)(H4,26,27,29). The lowest BCUT2D eigenvalue weighted by molar-refractivity contribution is -0.143. The minimum absolute atomic E-state index is 0.0143. The number of aliphatic imine (C=N–C) groups is 1. The molecule has 15 nitrogen and oxygen atoms in total. The van der Waals surface area contributed by atoms with Crippen LogP contribution in [0.2, 0.25) is 0 Å². The number of guanidine groups is 1. The molecule has 0 aromatic heterocycles. The van der Waals surface area contributed by atoms with E-state index in [1.807, 2.05) is 0 Å². The largest absolute Gasteiger partial charge is 0.508 e. The normalized spacial score (nSPS) is 16.6. The Morgan fingerprint density at radius 1 is 0.950 bits per heavy atom. The topological polar surface area (TPSA) is 259 Å². The number of aromatic hydroxyl groups is 1. The lowest BCUT2D eigenvalue weighted by atomic mass is 10.0. The van der Waals surface area contributed by atoms with E-state index in [1.165, 1.54) is 12.1 Å². The summed E-state index contributed by atoms with van der Waals surface area (Å²) in [5.74, 6) is -4.76. The fraction of sp³-hybridized carbons (Fsp3) is 0.520. The minimum Gasteiger partial charge on any atom is -0.508 e. The number of nitrogens with one attached hydrogen (secondary N) is 4. The van der Waals surface area contributed by atoms with Gasteiger partial charge in [-0.2, -0.15) is 0 Å². The van der Waals surface area contributed by atoms with Crippen LogP contribution in [-0.2, 0) is 30.4 Å². The molecule has 0 radical (unpaired) electrons. The van der Waals surface area contributed by atoms with E-state index < -0.39 is 60.2 Å². The molecule has 2 rings (SSSR count). The van der Waals surface area contributed by atoms with E-state index in [2.05, 4.69) is 26.3 Å². The number of hydrogen-bond acceptors (Lipinski definition) is 8. The SMILES string of the molecule is NC(N)=NCCCC(NC(=O)C(CCC(=O)O)NC(=O)C(Cc1ccc(O)cc1)NC(=O)C1CCCN1)C(=O)O. The Bertz CT molecular complexity index is 1070. The number of rotatable bonds is 16. The number of nitrogens with two attached hydrogens (primary N) is 2. The van der Waals surface area contributed by atoms with Crippen LogP contribution in [0, 0.1) is 0 Å². The summed E-state index contributed by atoms with van der Waals surface area (Å²) in [5, 5.41) is 38.8. The summed E-state index contributed by atoms with van der Waals surface area (Å²) in [6.07, 6.45) is 0.797. The third-order valence-corrected chi connectivity index (χ3v) is 6.23. The molecule has 3 amide bonds. The zero-order chi connectivity index (χ0) is 29.7. The Morgan fingerprint density at radius 3 is 2.17 bits per heavy atom. The van der Waals surface area contributed by atoms with Gasteiger partial charge in [-0.3, -0.25) is 24.2 Å². The maximum Gasteiger partial charge on any atom is 0.326 e. The summed E-state index contributed by atoms with van der Waals surface area (Å²) in [7, 11) is 0. The first-order valence-electron chi connectivity index (χ1n) is 12.9. The van der Waals surface area contributed by atoms with Crippen molar-refractivity contribution in [1.82, 2.24) is 21.3 Å². The van der Waals surface area contributed by atoms with E-state index in [0.29, 0.717) is 18.5 Å². The summed E-state index contributed by atoms with van der Waals surface area (Å²) < 4.78 is 0. The van der Waals surface area contributed by atoms with Crippen LogP contribution in [0.3, 0.4) is 0 Å². The molecule has 1 aromatic carbocycles. The summed E-state index contributed by atoms with van der Waals surface area (Å²) in [4.78, 5) is 65.8. The zero-order valence-corrected chi connectivity index (χ0v) is 22.0. The summed E-state index contributed by atoms with van der Waals surface area (Å²) in [5.41, 5.74) is 11.1. The number of carboxylic acids is 2. The van der Waals surface area contributed by atoms with Crippen molar-refractivity contribution in [3.05, 3.63) is 29.8 Å². The summed E-state index contributed by atoms with van der Waals surface area (Å²) >= 11 is 0. The predicted octanol–water partition coefficient (Wildman–Crippen LogP) is -1.86. The van der Waals surface area contributed by atoms with E-state index in [-0.39, 0.29) is 43.9 Å². The first kappa shape index (κ1) is 31.8. The van der Waals surface area contributed by atoms with E-state index in [1.54, 1.807) is 12.1 Å². The second-order valence-corrected chi connectivity index (χ2v) is 9.42. The van der Waals surface area contributed by atoms with Crippen molar-refractivity contribution >= 4 is 35.6 Å². The average molecular weight is 564 g/mol. The molecular formula is C25H37N7O8. The number of carboxylic acid groups (broad SMARTS) is 2. The predicted molar refractivity (Wildman–Crippen MR) is 143 cm³/mol. The van der Waals surface area contributed by atoms with Crippen LogP contribution in [-0.4, -0.2) is 88.2 Å². The van der Waals surface area contributed by atoms with Crippen molar-refractivity contribution < 1.29 is 39.3 Å². The van der Waals surface area contributed by atoms with Gasteiger partial charge in [0.2, 0.25) is 17.7 Å². The third-order valence-electron chi connectivity index (χ3n) is 6.23. The van der Waals surface area contributed by atoms with Crippen molar-refractivity contribution in [1.29, 1.82) is 0 Å². The highest BCUT2D eigenvalue weighted by Crippen LogP contribution is 2.13. The number of aliphatic carboxylic acids is 2. The highest BCUT2D eigenvalue weighted by molar-refractivity contribution is 5.94. The molecule has 11 N–H and O–H groups in total. The third kappa shape index (κ3) is 11.1. The molecule has 0 spiro atoms. The molecule has 0 aliphatic carbocycles. The van der Waals surface area contributed by atoms with Crippen LogP contribution in [0.5, 0.6) is 5.75 Å². The molecule has 1 aliphatic heterocycles. The second-order valence-electron chi connectivity index (χ2n) is 9.42. The van der Waals surface area contributed by atoms with Gasteiger partial charge in [0.25, 0.3) is 0 Å². The van der Waals surface area contributed by atoms with Gasteiger partial charge in [-0.1, -0.05) is 12.1 Å². The fourth-order valence-electron chi connectivity index (χ4n) is 4.10. The van der Waals surface area contributed by atoms with Gasteiger partial charge >= 0.3 is 11.9 Å². The minimum atomic E-state index is -1.40. The first-order chi connectivity index (χ1) is 19.0. The number of carbonyl (C=O) groups excluding carboxylic acids is 3. The van der Waals surface area contributed by atoms with Crippen molar-refractivity contribution in [2.75, 3.05) is 13.1 Å². The Kier molecular flexibility index (Phi) is 12.6. The number of nitrogens with zero attached hydrogens (tertiary/aromatic N) is 1. The lowest BCUT2D eigenvalue weighted by Crippen LogP contribution is -2.57. The van der Waals surface area contributed by atoms with E-state index in [4.69, 9.17) is 16.6 Å². The number of phenols is 1. The van der Waals surface area contributed by atoms with Crippen LogP contribution in [0.4, 0.5) is 0 Å². The van der Waals surface area contributed by atoms with Gasteiger partial charge in [0.1, 0.15) is 23.9 Å². The Hall–Kier alpha value is -4.40. The maximum atomic E-state index is 13.3. The Balaban J connectivity index is 2.18. The van der Waals surface area contributed by atoms with Gasteiger partial charge in [-0.15, -0.1) is 0 Å². The van der Waals surface area contributed by atoms with Gasteiger partial charge in [0.15, 0.2) is 5.96 Å². The van der Waals surface area contributed by atoms with Gasteiger partial charge < -0.3 is 48.1 Å². The monoisotopic (exact) mass is 563 g/mol. The van der Waals surface area contributed by atoms with Gasteiger partial charge in [-0.25, -0.2) is 4.79 Å². The van der Waals surface area contributed by atoms with Crippen LogP contribution in [0.25, 0.3) is 0 Å². The molecule has 40 heavy (non-hydrogen) atoms. The number of amides is 3. The van der Waals surface area contributed by atoms with Crippen LogP contribution in [0.15, 0.2) is 29.3 Å². The highest BCUT2D eigenvalue weighted by Gasteiger charge is 2.32. The zero-order valence-electron chi connectivity index (χ0n) is 22.0. The second kappa shape index (κ2) is 15.9. The number of phenolic OH excluding ortho intramolecular Hbond substituents is 1. The molecular weight excluding hydrogens is 526 g/mol. The number of carbonyl (C=O) groups is 5. The number of benzene rings is 1. The lowest BCUT2D eigenvalue weighted by Gasteiger charge is -2.25. The van der Waals surface area contributed by atoms with Crippen molar-refractivity contribution in [2.45, 2.75) is 69.1 Å². The van der Waals surface area contributed by atoms with Crippen LogP contribution < -0.4 is 32.7 Å². The Labute approximate surface area is 230 Å². The summed E-state index contributed by atoms with van der Waals surface area (Å²) in [6, 6.07) is 1.62. The van der Waals surface area contributed by atoms with Crippen molar-refractivity contribution in [2.24, 2.45) is 16.5 Å². The molecule has 1 saturated heterocycles. The molecule has 4 atom stereocenters. The Morgan fingerprint density at radius 2 is 1.60 bits per heavy atom. The fourth-order valence-corrected chi connectivity index (χ4v) is 4.10. The molecule has 15 heteroatoms. The molecule has 1 aromatic rings. The molecule has 0 bridgehead atoms. The van der Waals surface area contributed by atoms with Gasteiger partial charge in [0, 0.05) is 19.4 Å². The van der Waals surface area contributed by atoms with Crippen LogP contribution >= 0.6 is 0 Å². The van der Waals surface area contributed by atoms with Crippen molar-refractivity contribution in [3.8, 4) is 5.75 Å². The summed E-state index contributed by atoms with van der Waals surface area (Å²) in [6.45, 7) is 0.788. The number of hydrogen-bond donors (Lipinski definition) is 9. The highest BCUT2D eigenvalue weighted by atomic mass is 16.4. The van der Waals surface area contributed by atoms with Gasteiger partial charge in [-0.05, 0) is 56.3 Å². The van der Waals surface area contributed by atoms with E-state index in [9.17, 15) is 34.2 Å². The van der Waals surface area contributed by atoms with Crippen molar-refractivity contribution in [3.63, 3.8) is 0 Å². The average Bonchev–Trinajstić information content (AvgIpc) is 3.43. The first-order valence-corrected chi connectivity index (χ1v) is 12.9. The smallest absolute Gasteiger partial charge is 0.326 e. The molecule has 0 saturated carbocycles. The quantitative estimate of drug-likeness (QED) is 0.0612. The van der Waals surface area contributed by atoms with Crippen LogP contribution in [0.1, 0.15) is 44.1 Å². The maximum absolute atomic E-state index is 13.3. The van der Waals surface area contributed by atoms with E-state index in [0.717, 1.165) is 6.42 Å². The molecule has 220 valence electrons. The molecule has 1 heterocycles. The molecule has 1 fully saturated rings. The van der Waals surface area contributed by atoms with E-state index >= 15 is 0 Å². The molecule has 1 aliphatic rings. The molecule has 4 unspecified atom stereocenters.